The number of para-hydroxylation sites is 1. The number of hydrogen-bond donors (Lipinski definition) is 2. The zero-order valence-electron chi connectivity index (χ0n) is 7.67. The predicted molar refractivity (Wildman–Crippen MR) is 53.8 cm³/mol. The van der Waals surface area contributed by atoms with Crippen LogP contribution in [-0.4, -0.2) is 9.79 Å². The van der Waals surface area contributed by atoms with Gasteiger partial charge < -0.3 is 4.52 Å². The lowest BCUT2D eigenvalue weighted by atomic mass is 10.1. The summed E-state index contributed by atoms with van der Waals surface area (Å²) in [6.45, 7) is 5.42. The molecule has 0 aliphatic rings. The number of hydrogen-bond acceptors (Lipinski definition) is 2. The first-order valence-electron chi connectivity index (χ1n) is 3.90. The normalized spacial score (nSPS) is 11.1. The molecule has 0 amide bonds. The second kappa shape index (κ2) is 3.96. The molecule has 0 saturated carbocycles. The van der Waals surface area contributed by atoms with Crippen molar-refractivity contribution in [2.45, 2.75) is 6.92 Å². The molecule has 1 aromatic carbocycles. The van der Waals surface area contributed by atoms with Gasteiger partial charge in [-0.25, -0.2) is 4.57 Å². The smallest absolute Gasteiger partial charge is 0.404 e. The Morgan fingerprint density at radius 1 is 1.43 bits per heavy atom. The van der Waals surface area contributed by atoms with E-state index in [4.69, 9.17) is 9.79 Å². The minimum Gasteiger partial charge on any atom is -0.404 e. The Bertz CT molecular complexity index is 394. The van der Waals surface area contributed by atoms with Crippen molar-refractivity contribution in [3.05, 3.63) is 36.4 Å². The van der Waals surface area contributed by atoms with E-state index in [1.54, 1.807) is 25.1 Å². The highest BCUT2D eigenvalue weighted by atomic mass is 31.2. The molecule has 0 aliphatic carbocycles. The third-order valence-corrected chi connectivity index (χ3v) is 2.00. The SMILES string of the molecule is C=C(C)c1ccccc1OP(=O)(O)O. The van der Waals surface area contributed by atoms with Crippen LogP contribution in [0.5, 0.6) is 5.75 Å². The van der Waals surface area contributed by atoms with Crippen LogP contribution in [0.15, 0.2) is 30.8 Å². The van der Waals surface area contributed by atoms with Crippen molar-refractivity contribution in [2.24, 2.45) is 0 Å². The van der Waals surface area contributed by atoms with E-state index < -0.39 is 7.82 Å². The fraction of sp³-hybridized carbons (Fsp3) is 0.111. The molecule has 14 heavy (non-hydrogen) atoms. The molecule has 0 atom stereocenters. The molecule has 0 radical (unpaired) electrons. The number of rotatable bonds is 3. The van der Waals surface area contributed by atoms with E-state index in [1.165, 1.54) is 6.07 Å². The average molecular weight is 214 g/mol. The van der Waals surface area contributed by atoms with Crippen LogP contribution >= 0.6 is 7.82 Å². The molecular weight excluding hydrogens is 203 g/mol. The molecule has 0 unspecified atom stereocenters. The molecule has 1 rings (SSSR count). The third kappa shape index (κ3) is 3.00. The highest BCUT2D eigenvalue weighted by Gasteiger charge is 2.17. The van der Waals surface area contributed by atoms with Crippen molar-refractivity contribution < 1.29 is 18.9 Å². The first-order chi connectivity index (χ1) is 6.40. The molecule has 0 bridgehead atoms. The summed E-state index contributed by atoms with van der Waals surface area (Å²) in [5.74, 6) is 0.147. The summed E-state index contributed by atoms with van der Waals surface area (Å²) in [6.07, 6.45) is 0. The maximum atomic E-state index is 10.6. The molecule has 5 heteroatoms. The van der Waals surface area contributed by atoms with Gasteiger partial charge in [0.05, 0.1) is 0 Å². The van der Waals surface area contributed by atoms with E-state index in [2.05, 4.69) is 11.1 Å². The van der Waals surface area contributed by atoms with Gasteiger partial charge in [0, 0.05) is 5.56 Å². The average Bonchev–Trinajstić information content (AvgIpc) is 2.01. The molecule has 0 spiro atoms. The van der Waals surface area contributed by atoms with Gasteiger partial charge in [-0.05, 0) is 18.6 Å². The molecular formula is C9H11O4P. The summed E-state index contributed by atoms with van der Waals surface area (Å²) in [4.78, 5) is 17.3. The van der Waals surface area contributed by atoms with Crippen molar-refractivity contribution in [2.75, 3.05) is 0 Å². The molecule has 2 N–H and O–H groups in total. The summed E-state index contributed by atoms with van der Waals surface area (Å²) in [5, 5.41) is 0. The Balaban J connectivity index is 3.08. The number of phosphoric ester groups is 1. The highest BCUT2D eigenvalue weighted by Crippen LogP contribution is 2.40. The second-order valence-corrected chi connectivity index (χ2v) is 4.02. The lowest BCUT2D eigenvalue weighted by Gasteiger charge is -2.10. The van der Waals surface area contributed by atoms with Crippen LogP contribution in [0.2, 0.25) is 0 Å². The number of benzene rings is 1. The zero-order valence-corrected chi connectivity index (χ0v) is 8.57. The van der Waals surface area contributed by atoms with Crippen LogP contribution in [0.25, 0.3) is 5.57 Å². The second-order valence-electron chi connectivity index (χ2n) is 2.86. The maximum Gasteiger partial charge on any atom is 0.524 e. The monoisotopic (exact) mass is 214 g/mol. The van der Waals surface area contributed by atoms with E-state index in [-0.39, 0.29) is 5.75 Å². The summed E-state index contributed by atoms with van der Waals surface area (Å²) in [5.41, 5.74) is 1.28. The van der Waals surface area contributed by atoms with Crippen LogP contribution in [-0.2, 0) is 4.57 Å². The molecule has 0 saturated heterocycles. The molecule has 4 nitrogen and oxygen atoms in total. The largest absolute Gasteiger partial charge is 0.524 e. The van der Waals surface area contributed by atoms with Crippen molar-refractivity contribution in [3.63, 3.8) is 0 Å². The fourth-order valence-electron chi connectivity index (χ4n) is 1.03. The van der Waals surface area contributed by atoms with E-state index in [9.17, 15) is 4.57 Å². The first-order valence-corrected chi connectivity index (χ1v) is 5.43. The Morgan fingerprint density at radius 2 is 2.00 bits per heavy atom. The van der Waals surface area contributed by atoms with Crippen molar-refractivity contribution in [1.29, 1.82) is 0 Å². The van der Waals surface area contributed by atoms with Gasteiger partial charge >= 0.3 is 7.82 Å². The van der Waals surface area contributed by atoms with Crippen LogP contribution in [0.1, 0.15) is 12.5 Å². The summed E-state index contributed by atoms with van der Waals surface area (Å²) in [6, 6.07) is 6.56. The minimum absolute atomic E-state index is 0.147. The Labute approximate surface area is 82.1 Å². The van der Waals surface area contributed by atoms with Gasteiger partial charge in [-0.15, -0.1) is 0 Å². The quantitative estimate of drug-likeness (QED) is 0.757. The van der Waals surface area contributed by atoms with Crippen LogP contribution in [0, 0.1) is 0 Å². The Hall–Kier alpha value is -1.09. The van der Waals surface area contributed by atoms with E-state index >= 15 is 0 Å². The Kier molecular flexibility index (Phi) is 3.11. The number of phosphoric acid groups is 1. The molecule has 0 heterocycles. The van der Waals surface area contributed by atoms with E-state index in [0.29, 0.717) is 11.1 Å². The van der Waals surface area contributed by atoms with Crippen molar-refractivity contribution >= 4 is 13.4 Å². The van der Waals surface area contributed by atoms with Crippen LogP contribution in [0.4, 0.5) is 0 Å². The van der Waals surface area contributed by atoms with Gasteiger partial charge in [-0.3, -0.25) is 9.79 Å². The van der Waals surface area contributed by atoms with Crippen molar-refractivity contribution in [3.8, 4) is 5.75 Å². The first kappa shape index (κ1) is 11.0. The van der Waals surface area contributed by atoms with Crippen molar-refractivity contribution in [1.82, 2.24) is 0 Å². The van der Waals surface area contributed by atoms with Gasteiger partial charge in [0.1, 0.15) is 5.75 Å². The Morgan fingerprint density at radius 3 is 2.50 bits per heavy atom. The summed E-state index contributed by atoms with van der Waals surface area (Å²) >= 11 is 0. The zero-order chi connectivity index (χ0) is 10.8. The summed E-state index contributed by atoms with van der Waals surface area (Å²) in [7, 11) is -4.50. The lowest BCUT2D eigenvalue weighted by Crippen LogP contribution is -1.93. The molecule has 76 valence electrons. The molecule has 0 aliphatic heterocycles. The van der Waals surface area contributed by atoms with Crippen LogP contribution in [0.3, 0.4) is 0 Å². The van der Waals surface area contributed by atoms with Gasteiger partial charge in [-0.1, -0.05) is 24.8 Å². The van der Waals surface area contributed by atoms with Crippen LogP contribution < -0.4 is 4.52 Å². The molecule has 0 fully saturated rings. The highest BCUT2D eigenvalue weighted by molar-refractivity contribution is 7.46. The molecule has 0 aromatic heterocycles. The molecule has 1 aromatic rings. The van der Waals surface area contributed by atoms with Gasteiger partial charge in [-0.2, -0.15) is 0 Å². The summed E-state index contributed by atoms with van der Waals surface area (Å²) < 4.78 is 15.1. The van der Waals surface area contributed by atoms with Gasteiger partial charge in [0.25, 0.3) is 0 Å². The van der Waals surface area contributed by atoms with Gasteiger partial charge in [0.2, 0.25) is 0 Å². The van der Waals surface area contributed by atoms with Gasteiger partial charge in [0.15, 0.2) is 0 Å². The van der Waals surface area contributed by atoms with E-state index in [1.807, 2.05) is 0 Å². The predicted octanol–water partition coefficient (Wildman–Crippen LogP) is 2.19. The topological polar surface area (TPSA) is 66.8 Å². The maximum absolute atomic E-state index is 10.6. The third-order valence-electron chi connectivity index (χ3n) is 1.56. The van der Waals surface area contributed by atoms with E-state index in [0.717, 1.165) is 0 Å². The minimum atomic E-state index is -4.50. The lowest BCUT2D eigenvalue weighted by molar-refractivity contribution is 0.283. The fourth-order valence-corrected chi connectivity index (χ4v) is 1.44. The standard InChI is InChI=1S/C9H11O4P/c1-7(2)8-5-3-4-6-9(8)13-14(10,11)12/h3-6H,1H2,2H3,(H2,10,11,12). The number of allylic oxidation sites excluding steroid dienone is 1.